The molecule has 1 heterocycles. The lowest BCUT2D eigenvalue weighted by Gasteiger charge is -1.94. The minimum absolute atomic E-state index is 0.137. The van der Waals surface area contributed by atoms with Gasteiger partial charge in [-0.2, -0.15) is 0 Å². The Bertz CT molecular complexity index is 392. The quantitative estimate of drug-likeness (QED) is 0.495. The van der Waals surface area contributed by atoms with E-state index in [0.29, 0.717) is 11.1 Å². The third-order valence-electron chi connectivity index (χ3n) is 1.73. The fourth-order valence-electron chi connectivity index (χ4n) is 1.20. The number of nitrogen functional groups attached to an aromatic ring is 1. The van der Waals surface area contributed by atoms with Crippen LogP contribution in [0, 0.1) is 0 Å². The molecule has 3 heteroatoms. The number of nitrogens with one attached hydrogen (secondary N) is 1. The van der Waals surface area contributed by atoms with E-state index < -0.39 is 0 Å². The summed E-state index contributed by atoms with van der Waals surface area (Å²) in [5.41, 5.74) is 6.22. The van der Waals surface area contributed by atoms with E-state index in [1.807, 2.05) is 12.1 Å². The number of aromatic hydroxyl groups is 1. The summed E-state index contributed by atoms with van der Waals surface area (Å²) in [6, 6.07) is 5.50. The van der Waals surface area contributed by atoms with Crippen molar-refractivity contribution in [2.45, 2.75) is 0 Å². The number of rotatable bonds is 0. The summed E-state index contributed by atoms with van der Waals surface area (Å²) in [6.45, 7) is 0. The highest BCUT2D eigenvalue weighted by Crippen LogP contribution is 2.28. The molecule has 3 nitrogen and oxygen atoms in total. The lowest BCUT2D eigenvalue weighted by atomic mass is 10.2. The van der Waals surface area contributed by atoms with Crippen molar-refractivity contribution in [1.29, 1.82) is 0 Å². The van der Waals surface area contributed by atoms with Gasteiger partial charge in [-0.1, -0.05) is 12.1 Å². The van der Waals surface area contributed by atoms with Crippen LogP contribution < -0.4 is 5.73 Å². The van der Waals surface area contributed by atoms with Gasteiger partial charge < -0.3 is 15.8 Å². The van der Waals surface area contributed by atoms with E-state index >= 15 is 0 Å². The van der Waals surface area contributed by atoms with Gasteiger partial charge in [0.1, 0.15) is 0 Å². The summed E-state index contributed by atoms with van der Waals surface area (Å²) >= 11 is 0. The Morgan fingerprint density at radius 2 is 2.18 bits per heavy atom. The first-order valence-electron chi connectivity index (χ1n) is 3.33. The molecule has 0 saturated heterocycles. The fraction of sp³-hybridized carbons (Fsp3) is 0. The van der Waals surface area contributed by atoms with Gasteiger partial charge in [0.2, 0.25) is 0 Å². The normalized spacial score (nSPS) is 10.5. The van der Waals surface area contributed by atoms with E-state index in [-0.39, 0.29) is 5.88 Å². The van der Waals surface area contributed by atoms with E-state index in [4.69, 9.17) is 5.73 Å². The maximum Gasteiger partial charge on any atom is 0.198 e. The van der Waals surface area contributed by atoms with Gasteiger partial charge in [0.05, 0.1) is 5.39 Å². The third-order valence-corrected chi connectivity index (χ3v) is 1.73. The SMILES string of the molecule is Nc1cccc2c[nH]c(O)c12. The number of anilines is 1. The molecular weight excluding hydrogens is 140 g/mol. The van der Waals surface area contributed by atoms with Crippen molar-refractivity contribution in [2.75, 3.05) is 5.73 Å². The van der Waals surface area contributed by atoms with Crippen molar-refractivity contribution in [2.24, 2.45) is 0 Å². The molecule has 1 aromatic carbocycles. The van der Waals surface area contributed by atoms with Crippen molar-refractivity contribution in [1.82, 2.24) is 4.98 Å². The third kappa shape index (κ3) is 0.741. The van der Waals surface area contributed by atoms with Crippen molar-refractivity contribution < 1.29 is 5.11 Å². The highest BCUT2D eigenvalue weighted by Gasteiger charge is 2.03. The van der Waals surface area contributed by atoms with Crippen molar-refractivity contribution in [3.63, 3.8) is 0 Å². The first-order chi connectivity index (χ1) is 5.29. The predicted octanol–water partition coefficient (Wildman–Crippen LogP) is 1.46. The van der Waals surface area contributed by atoms with Crippen LogP contribution in [0.3, 0.4) is 0 Å². The Morgan fingerprint density at radius 1 is 1.36 bits per heavy atom. The number of nitrogens with two attached hydrogens (primary N) is 1. The number of hydrogen-bond acceptors (Lipinski definition) is 2. The number of aromatic amines is 1. The van der Waals surface area contributed by atoms with Gasteiger partial charge in [-0.25, -0.2) is 0 Å². The molecule has 0 saturated carbocycles. The number of fused-ring (bicyclic) bond motifs is 1. The Hall–Kier alpha value is -1.64. The summed E-state index contributed by atoms with van der Waals surface area (Å²) in [7, 11) is 0. The minimum atomic E-state index is 0.137. The smallest absolute Gasteiger partial charge is 0.198 e. The number of H-pyrrole nitrogens is 1. The maximum absolute atomic E-state index is 9.26. The zero-order chi connectivity index (χ0) is 7.84. The molecule has 0 unspecified atom stereocenters. The van der Waals surface area contributed by atoms with E-state index in [0.717, 1.165) is 5.39 Å². The average Bonchev–Trinajstić information content (AvgIpc) is 2.34. The van der Waals surface area contributed by atoms with Gasteiger partial charge in [0, 0.05) is 17.3 Å². The van der Waals surface area contributed by atoms with Crippen LogP contribution in [0.2, 0.25) is 0 Å². The molecule has 0 aliphatic carbocycles. The molecule has 0 spiro atoms. The molecule has 0 atom stereocenters. The van der Waals surface area contributed by atoms with Crippen LogP contribution in [-0.4, -0.2) is 10.1 Å². The first-order valence-corrected chi connectivity index (χ1v) is 3.33. The molecule has 2 aromatic rings. The summed E-state index contributed by atoms with van der Waals surface area (Å²) in [4.78, 5) is 2.69. The van der Waals surface area contributed by atoms with Crippen LogP contribution in [0.1, 0.15) is 0 Å². The topological polar surface area (TPSA) is 62.0 Å². The van der Waals surface area contributed by atoms with Crippen LogP contribution >= 0.6 is 0 Å². The lowest BCUT2D eigenvalue weighted by Crippen LogP contribution is -1.83. The second kappa shape index (κ2) is 1.92. The number of aromatic nitrogens is 1. The number of benzene rings is 1. The molecule has 0 aliphatic rings. The summed E-state index contributed by atoms with van der Waals surface area (Å²) in [5, 5.41) is 10.9. The highest BCUT2D eigenvalue weighted by molar-refractivity contribution is 5.97. The van der Waals surface area contributed by atoms with E-state index in [2.05, 4.69) is 4.98 Å². The first kappa shape index (κ1) is 6.09. The van der Waals surface area contributed by atoms with Gasteiger partial charge in [-0.3, -0.25) is 0 Å². The zero-order valence-corrected chi connectivity index (χ0v) is 5.83. The van der Waals surface area contributed by atoms with Gasteiger partial charge in [-0.15, -0.1) is 0 Å². The van der Waals surface area contributed by atoms with Crippen LogP contribution in [0.5, 0.6) is 5.88 Å². The monoisotopic (exact) mass is 148 g/mol. The molecule has 4 N–H and O–H groups in total. The maximum atomic E-state index is 9.26. The molecule has 0 radical (unpaired) electrons. The van der Waals surface area contributed by atoms with Crippen molar-refractivity contribution in [3.8, 4) is 5.88 Å². The standard InChI is InChI=1S/C8H8N2O/c9-6-3-1-2-5-4-10-8(11)7(5)6/h1-4,10-11H,9H2. The van der Waals surface area contributed by atoms with Crippen molar-refractivity contribution >= 4 is 16.5 Å². The second-order valence-corrected chi connectivity index (χ2v) is 2.45. The summed E-state index contributed by atoms with van der Waals surface area (Å²) < 4.78 is 0. The van der Waals surface area contributed by atoms with Gasteiger partial charge >= 0.3 is 0 Å². The van der Waals surface area contributed by atoms with E-state index in [9.17, 15) is 5.11 Å². The molecule has 56 valence electrons. The number of hydrogen-bond donors (Lipinski definition) is 3. The molecule has 11 heavy (non-hydrogen) atoms. The molecule has 0 aliphatic heterocycles. The second-order valence-electron chi connectivity index (χ2n) is 2.45. The Labute approximate surface area is 63.5 Å². The van der Waals surface area contributed by atoms with Gasteiger partial charge in [-0.05, 0) is 6.07 Å². The zero-order valence-electron chi connectivity index (χ0n) is 5.83. The average molecular weight is 148 g/mol. The van der Waals surface area contributed by atoms with E-state index in [1.165, 1.54) is 0 Å². The molecule has 1 aromatic heterocycles. The Morgan fingerprint density at radius 3 is 2.91 bits per heavy atom. The summed E-state index contributed by atoms with van der Waals surface area (Å²) in [5.74, 6) is 0.137. The molecular formula is C8H8N2O. The molecule has 2 rings (SSSR count). The Balaban J connectivity index is 2.96. The molecule has 0 amide bonds. The Kier molecular flexibility index (Phi) is 1.06. The van der Waals surface area contributed by atoms with Crippen LogP contribution in [0.25, 0.3) is 10.8 Å². The summed E-state index contributed by atoms with van der Waals surface area (Å²) in [6.07, 6.45) is 1.72. The minimum Gasteiger partial charge on any atom is -0.494 e. The highest BCUT2D eigenvalue weighted by atomic mass is 16.3. The van der Waals surface area contributed by atoms with Crippen molar-refractivity contribution in [3.05, 3.63) is 24.4 Å². The predicted molar refractivity (Wildman–Crippen MR) is 44.4 cm³/mol. The van der Waals surface area contributed by atoms with E-state index in [1.54, 1.807) is 12.3 Å². The lowest BCUT2D eigenvalue weighted by molar-refractivity contribution is 0.463. The van der Waals surface area contributed by atoms with Crippen LogP contribution in [0.15, 0.2) is 24.4 Å². The van der Waals surface area contributed by atoms with Crippen LogP contribution in [-0.2, 0) is 0 Å². The molecule has 0 bridgehead atoms. The van der Waals surface area contributed by atoms with Crippen LogP contribution in [0.4, 0.5) is 5.69 Å². The largest absolute Gasteiger partial charge is 0.494 e. The fourth-order valence-corrected chi connectivity index (χ4v) is 1.20. The molecule has 0 fully saturated rings. The van der Waals surface area contributed by atoms with Gasteiger partial charge in [0.25, 0.3) is 0 Å². The van der Waals surface area contributed by atoms with Gasteiger partial charge in [0.15, 0.2) is 5.88 Å².